The van der Waals surface area contributed by atoms with Gasteiger partial charge in [0.15, 0.2) is 0 Å². The second-order valence-corrected chi connectivity index (χ2v) is 5.34. The molecule has 1 heterocycles. The zero-order valence-electron chi connectivity index (χ0n) is 10.7. The number of hydrogen-bond acceptors (Lipinski definition) is 3. The van der Waals surface area contributed by atoms with E-state index in [1.54, 1.807) is 7.11 Å². The number of ether oxygens (including phenoxy) is 1. The summed E-state index contributed by atoms with van der Waals surface area (Å²) in [5.41, 5.74) is 0. The Morgan fingerprint density at radius 1 is 1.06 bits per heavy atom. The fourth-order valence-corrected chi connectivity index (χ4v) is 3.09. The number of methoxy groups -OCH3 is 1. The normalized spacial score (nSPS) is 40.9. The zero-order valence-corrected chi connectivity index (χ0v) is 10.7. The molecule has 2 rings (SSSR count). The van der Waals surface area contributed by atoms with Crippen molar-refractivity contribution >= 4 is 0 Å². The lowest BCUT2D eigenvalue weighted by molar-refractivity contribution is 0.0574. The Balaban J connectivity index is 1.73. The van der Waals surface area contributed by atoms with E-state index in [1.807, 2.05) is 0 Å². The van der Waals surface area contributed by atoms with Crippen LogP contribution < -0.4 is 10.6 Å². The zero-order chi connectivity index (χ0) is 11.4. The largest absolute Gasteiger partial charge is 0.379 e. The van der Waals surface area contributed by atoms with Gasteiger partial charge in [0.1, 0.15) is 0 Å². The fraction of sp³-hybridized carbons (Fsp3) is 1.00. The first-order valence-electron chi connectivity index (χ1n) is 6.83. The third-order valence-electron chi connectivity index (χ3n) is 4.40. The van der Waals surface area contributed by atoms with Crippen molar-refractivity contribution in [3.8, 4) is 0 Å². The molecule has 2 fully saturated rings. The summed E-state index contributed by atoms with van der Waals surface area (Å²) in [7, 11) is 1.79. The van der Waals surface area contributed by atoms with Gasteiger partial charge in [-0.2, -0.15) is 0 Å². The Morgan fingerprint density at radius 3 is 2.19 bits per heavy atom. The molecule has 1 aliphatic heterocycles. The van der Waals surface area contributed by atoms with Gasteiger partial charge in [0.2, 0.25) is 0 Å². The summed E-state index contributed by atoms with van der Waals surface area (Å²) in [6.07, 6.45) is 7.88. The lowest BCUT2D eigenvalue weighted by atomic mass is 9.79. The minimum absolute atomic E-state index is 0.350. The first-order chi connectivity index (χ1) is 7.83. The van der Waals surface area contributed by atoms with Crippen LogP contribution in [0.1, 0.15) is 39.0 Å². The number of nitrogens with one attached hydrogen (secondary N) is 2. The Morgan fingerprint density at radius 2 is 1.69 bits per heavy atom. The van der Waals surface area contributed by atoms with Crippen LogP contribution in [-0.2, 0) is 4.74 Å². The van der Waals surface area contributed by atoms with Gasteiger partial charge >= 0.3 is 0 Å². The first kappa shape index (κ1) is 12.3. The third kappa shape index (κ3) is 2.96. The van der Waals surface area contributed by atoms with E-state index in [4.69, 9.17) is 4.74 Å². The highest BCUT2D eigenvalue weighted by molar-refractivity contribution is 4.85. The summed E-state index contributed by atoms with van der Waals surface area (Å²) in [5.74, 6) is 1.83. The van der Waals surface area contributed by atoms with Gasteiger partial charge in [0.05, 0.1) is 12.3 Å². The molecule has 3 nitrogen and oxygen atoms in total. The van der Waals surface area contributed by atoms with Crippen LogP contribution in [0, 0.1) is 11.8 Å². The first-order valence-corrected chi connectivity index (χ1v) is 6.83. The van der Waals surface area contributed by atoms with Crippen LogP contribution in [0.4, 0.5) is 0 Å². The van der Waals surface area contributed by atoms with Gasteiger partial charge in [-0.25, -0.2) is 0 Å². The molecule has 1 saturated carbocycles. The molecule has 0 aromatic heterocycles. The quantitative estimate of drug-likeness (QED) is 0.769. The predicted octanol–water partition coefficient (Wildman–Crippen LogP) is 1.74. The van der Waals surface area contributed by atoms with Gasteiger partial charge in [0, 0.05) is 20.2 Å². The second kappa shape index (κ2) is 5.99. The minimum Gasteiger partial charge on any atom is -0.379 e. The summed E-state index contributed by atoms with van der Waals surface area (Å²) in [4.78, 5) is 0. The highest BCUT2D eigenvalue weighted by Crippen LogP contribution is 2.32. The van der Waals surface area contributed by atoms with Crippen molar-refractivity contribution in [1.29, 1.82) is 0 Å². The summed E-state index contributed by atoms with van der Waals surface area (Å²) in [6, 6.07) is 0. The molecule has 0 amide bonds. The molecule has 1 aliphatic carbocycles. The summed E-state index contributed by atoms with van der Waals surface area (Å²) < 4.78 is 5.34. The maximum atomic E-state index is 5.34. The lowest BCUT2D eigenvalue weighted by Crippen LogP contribution is -2.58. The standard InChI is InChI=1S/C13H26N2O/c1-3-10-4-6-11(7-5-10)13-14-8-12(16-2)9-15-13/h10-15H,3-9H2,1-2H3. The van der Waals surface area contributed by atoms with Crippen LogP contribution >= 0.6 is 0 Å². The predicted molar refractivity (Wildman–Crippen MR) is 66.3 cm³/mol. The van der Waals surface area contributed by atoms with Crippen LogP contribution in [0.25, 0.3) is 0 Å². The van der Waals surface area contributed by atoms with E-state index < -0.39 is 0 Å². The Kier molecular flexibility index (Phi) is 4.62. The van der Waals surface area contributed by atoms with E-state index >= 15 is 0 Å². The molecule has 3 heteroatoms. The Labute approximate surface area is 99.3 Å². The molecule has 1 saturated heterocycles. The van der Waals surface area contributed by atoms with Gasteiger partial charge in [-0.1, -0.05) is 26.2 Å². The molecular formula is C13H26N2O. The summed E-state index contributed by atoms with van der Waals surface area (Å²) in [6.45, 7) is 4.33. The molecule has 0 radical (unpaired) electrons. The highest BCUT2D eigenvalue weighted by atomic mass is 16.5. The Bertz CT molecular complexity index is 172. The van der Waals surface area contributed by atoms with Crippen molar-refractivity contribution < 1.29 is 4.74 Å². The maximum absolute atomic E-state index is 5.34. The average Bonchev–Trinajstić information content (AvgIpc) is 2.39. The van der Waals surface area contributed by atoms with E-state index in [0.717, 1.165) is 24.9 Å². The molecule has 2 N–H and O–H groups in total. The molecule has 0 spiro atoms. The van der Waals surface area contributed by atoms with Gasteiger partial charge in [-0.3, -0.25) is 10.6 Å². The smallest absolute Gasteiger partial charge is 0.0820 e. The summed E-state index contributed by atoms with van der Waals surface area (Å²) >= 11 is 0. The van der Waals surface area contributed by atoms with Crippen LogP contribution in [-0.4, -0.2) is 32.5 Å². The Hall–Kier alpha value is -0.120. The maximum Gasteiger partial charge on any atom is 0.0820 e. The van der Waals surface area contributed by atoms with E-state index in [9.17, 15) is 0 Å². The van der Waals surface area contributed by atoms with Crippen LogP contribution in [0.2, 0.25) is 0 Å². The van der Waals surface area contributed by atoms with Crippen LogP contribution in [0.15, 0.2) is 0 Å². The summed E-state index contributed by atoms with van der Waals surface area (Å²) in [5, 5.41) is 7.17. The topological polar surface area (TPSA) is 33.3 Å². The molecule has 0 aromatic rings. The monoisotopic (exact) mass is 226 g/mol. The van der Waals surface area contributed by atoms with E-state index in [-0.39, 0.29) is 0 Å². The van der Waals surface area contributed by atoms with Crippen molar-refractivity contribution in [3.05, 3.63) is 0 Å². The second-order valence-electron chi connectivity index (χ2n) is 5.34. The van der Waals surface area contributed by atoms with Crippen molar-refractivity contribution in [3.63, 3.8) is 0 Å². The third-order valence-corrected chi connectivity index (χ3v) is 4.40. The van der Waals surface area contributed by atoms with Crippen molar-refractivity contribution in [1.82, 2.24) is 10.6 Å². The molecule has 2 aliphatic rings. The van der Waals surface area contributed by atoms with Gasteiger partial charge in [-0.15, -0.1) is 0 Å². The lowest BCUT2D eigenvalue weighted by Gasteiger charge is -2.38. The number of hydrogen-bond donors (Lipinski definition) is 2. The SMILES string of the molecule is CCC1CCC(C2NCC(OC)CN2)CC1. The van der Waals surface area contributed by atoms with Gasteiger partial charge < -0.3 is 4.74 Å². The van der Waals surface area contributed by atoms with Gasteiger partial charge in [0.25, 0.3) is 0 Å². The van der Waals surface area contributed by atoms with Crippen LogP contribution in [0.5, 0.6) is 0 Å². The molecule has 94 valence electrons. The van der Waals surface area contributed by atoms with Crippen LogP contribution in [0.3, 0.4) is 0 Å². The van der Waals surface area contributed by atoms with Crippen molar-refractivity contribution in [2.24, 2.45) is 11.8 Å². The highest BCUT2D eigenvalue weighted by Gasteiger charge is 2.29. The molecule has 16 heavy (non-hydrogen) atoms. The van der Waals surface area contributed by atoms with Crippen molar-refractivity contribution in [2.75, 3.05) is 20.2 Å². The van der Waals surface area contributed by atoms with Crippen molar-refractivity contribution in [2.45, 2.75) is 51.3 Å². The van der Waals surface area contributed by atoms with Gasteiger partial charge in [-0.05, 0) is 24.7 Å². The molecule has 0 unspecified atom stereocenters. The van der Waals surface area contributed by atoms with E-state index in [0.29, 0.717) is 12.3 Å². The molecule has 0 atom stereocenters. The minimum atomic E-state index is 0.350. The molecule has 0 aromatic carbocycles. The average molecular weight is 226 g/mol. The number of rotatable bonds is 3. The molecular weight excluding hydrogens is 200 g/mol. The molecule has 0 bridgehead atoms. The fourth-order valence-electron chi connectivity index (χ4n) is 3.09. The van der Waals surface area contributed by atoms with E-state index in [1.165, 1.54) is 32.1 Å². The van der Waals surface area contributed by atoms with E-state index in [2.05, 4.69) is 17.6 Å².